The van der Waals surface area contributed by atoms with Crippen LogP contribution in [0, 0.1) is 3.57 Å². The first-order chi connectivity index (χ1) is 10.6. The Morgan fingerprint density at radius 3 is 2.68 bits per heavy atom. The molecule has 1 unspecified atom stereocenters. The van der Waals surface area contributed by atoms with Crippen molar-refractivity contribution in [2.24, 2.45) is 5.14 Å². The highest BCUT2D eigenvalue weighted by atomic mass is 127. The highest BCUT2D eigenvalue weighted by molar-refractivity contribution is 14.1. The minimum absolute atomic E-state index is 0.167. The van der Waals surface area contributed by atoms with Gasteiger partial charge in [-0.3, -0.25) is 4.18 Å². The van der Waals surface area contributed by atoms with Crippen molar-refractivity contribution in [1.29, 1.82) is 0 Å². The van der Waals surface area contributed by atoms with Gasteiger partial charge >= 0.3 is 0 Å². The molecule has 1 saturated carbocycles. The first-order valence-electron chi connectivity index (χ1n) is 7.49. The van der Waals surface area contributed by atoms with E-state index >= 15 is 0 Å². The average Bonchev–Trinajstić information content (AvgIpc) is 2.84. The molecule has 1 saturated heterocycles. The van der Waals surface area contributed by atoms with Crippen molar-refractivity contribution in [2.45, 2.75) is 50.1 Å². The number of ether oxygens (including phenoxy) is 2. The quantitative estimate of drug-likeness (QED) is 0.736. The molecule has 0 bridgehead atoms. The molecule has 1 aliphatic heterocycles. The van der Waals surface area contributed by atoms with Crippen molar-refractivity contribution in [3.63, 3.8) is 0 Å². The molecule has 1 spiro atoms. The molecule has 122 valence electrons. The van der Waals surface area contributed by atoms with E-state index in [1.165, 1.54) is 6.42 Å². The fraction of sp³-hybridized carbons (Fsp3) is 0.600. The van der Waals surface area contributed by atoms with Crippen LogP contribution in [0.25, 0.3) is 0 Å². The summed E-state index contributed by atoms with van der Waals surface area (Å²) < 4.78 is 29.8. The van der Waals surface area contributed by atoms with E-state index in [-0.39, 0.29) is 18.8 Å². The summed E-state index contributed by atoms with van der Waals surface area (Å²) in [4.78, 5) is 0. The zero-order valence-electron chi connectivity index (χ0n) is 12.2. The van der Waals surface area contributed by atoms with Crippen LogP contribution in [0.2, 0.25) is 0 Å². The SMILES string of the molecule is NS(=O)OC[C@H]1OC2(CCCCC2)O[C@@H]1c1ccccc1I. The van der Waals surface area contributed by atoms with Gasteiger partial charge in [0.2, 0.25) is 11.3 Å². The summed E-state index contributed by atoms with van der Waals surface area (Å²) in [6.45, 7) is 0.167. The lowest BCUT2D eigenvalue weighted by molar-refractivity contribution is -0.196. The van der Waals surface area contributed by atoms with Crippen LogP contribution in [0.1, 0.15) is 43.8 Å². The summed E-state index contributed by atoms with van der Waals surface area (Å²) in [5, 5.41) is 5.21. The fourth-order valence-electron chi connectivity index (χ4n) is 3.22. The van der Waals surface area contributed by atoms with E-state index in [1.807, 2.05) is 24.3 Å². The molecule has 1 heterocycles. The highest BCUT2D eigenvalue weighted by Crippen LogP contribution is 2.46. The smallest absolute Gasteiger partial charge is 0.231 e. The van der Waals surface area contributed by atoms with Crippen molar-refractivity contribution in [3.8, 4) is 0 Å². The van der Waals surface area contributed by atoms with Gasteiger partial charge in [-0.1, -0.05) is 24.6 Å². The molecule has 1 aliphatic carbocycles. The first-order valence-corrected chi connectivity index (χ1v) is 9.71. The lowest BCUT2D eigenvalue weighted by atomic mass is 9.94. The zero-order valence-corrected chi connectivity index (χ0v) is 15.2. The lowest BCUT2D eigenvalue weighted by Gasteiger charge is -2.32. The molecule has 5 nitrogen and oxygen atoms in total. The van der Waals surface area contributed by atoms with Crippen molar-refractivity contribution in [3.05, 3.63) is 33.4 Å². The summed E-state index contributed by atoms with van der Waals surface area (Å²) in [6.07, 6.45) is 4.72. The van der Waals surface area contributed by atoms with E-state index in [9.17, 15) is 4.21 Å². The number of nitrogens with two attached hydrogens (primary N) is 1. The summed E-state index contributed by atoms with van der Waals surface area (Å²) in [5.41, 5.74) is 1.09. The maximum atomic E-state index is 11.0. The van der Waals surface area contributed by atoms with E-state index in [1.54, 1.807) is 0 Å². The van der Waals surface area contributed by atoms with Gasteiger partial charge < -0.3 is 9.47 Å². The molecule has 2 aliphatic rings. The Morgan fingerprint density at radius 1 is 1.27 bits per heavy atom. The van der Waals surface area contributed by atoms with Crippen LogP contribution in [0.3, 0.4) is 0 Å². The molecule has 3 atom stereocenters. The van der Waals surface area contributed by atoms with Gasteiger partial charge in [0.05, 0.1) is 6.61 Å². The standard InChI is InChI=1S/C15H20INO4S/c16-12-7-3-2-6-11(12)14-13(10-19-22(17)18)20-15(21-14)8-4-1-5-9-15/h2-3,6-7,13-14H,1,4-5,8-10,17H2/t13-,14-,22?/m1/s1. The van der Waals surface area contributed by atoms with Crippen LogP contribution in [-0.2, 0) is 24.9 Å². The molecule has 2 N–H and O–H groups in total. The third kappa shape index (κ3) is 3.70. The van der Waals surface area contributed by atoms with E-state index < -0.39 is 17.1 Å². The van der Waals surface area contributed by atoms with E-state index in [0.717, 1.165) is 34.8 Å². The number of hydrogen-bond donors (Lipinski definition) is 1. The summed E-state index contributed by atoms with van der Waals surface area (Å²) in [5.74, 6) is -0.522. The molecule has 22 heavy (non-hydrogen) atoms. The highest BCUT2D eigenvalue weighted by Gasteiger charge is 2.49. The van der Waals surface area contributed by atoms with Gasteiger partial charge in [-0.25, -0.2) is 9.35 Å². The van der Waals surface area contributed by atoms with E-state index in [2.05, 4.69) is 22.6 Å². The van der Waals surface area contributed by atoms with Crippen LogP contribution in [0.15, 0.2) is 24.3 Å². The van der Waals surface area contributed by atoms with Gasteiger partial charge in [0.15, 0.2) is 5.79 Å². The molecule has 0 radical (unpaired) electrons. The third-order valence-electron chi connectivity index (χ3n) is 4.22. The number of hydrogen-bond acceptors (Lipinski definition) is 4. The second kappa shape index (κ2) is 7.23. The summed E-state index contributed by atoms with van der Waals surface area (Å²) >= 11 is 0.508. The van der Waals surface area contributed by atoms with E-state index in [4.69, 9.17) is 18.8 Å². The Labute approximate surface area is 146 Å². The number of benzene rings is 1. The third-order valence-corrected chi connectivity index (χ3v) is 5.57. The molecular weight excluding hydrogens is 417 g/mol. The predicted molar refractivity (Wildman–Crippen MR) is 92.0 cm³/mol. The van der Waals surface area contributed by atoms with Crippen LogP contribution < -0.4 is 5.14 Å². The fourth-order valence-corrected chi connectivity index (χ4v) is 4.19. The molecule has 1 aromatic rings. The van der Waals surface area contributed by atoms with Crippen LogP contribution in [0.4, 0.5) is 0 Å². The zero-order chi connectivity index (χ0) is 15.6. The van der Waals surface area contributed by atoms with Gasteiger partial charge in [-0.15, -0.1) is 0 Å². The second-order valence-corrected chi connectivity index (χ2v) is 7.65. The Kier molecular flexibility index (Phi) is 5.51. The largest absolute Gasteiger partial charge is 0.341 e. The van der Waals surface area contributed by atoms with Crippen molar-refractivity contribution >= 4 is 33.9 Å². The Morgan fingerprint density at radius 2 is 2.00 bits per heavy atom. The van der Waals surface area contributed by atoms with Gasteiger partial charge in [0, 0.05) is 16.4 Å². The molecule has 3 rings (SSSR count). The minimum Gasteiger partial charge on any atom is -0.341 e. The number of halogens is 1. The van der Waals surface area contributed by atoms with Crippen LogP contribution in [-0.4, -0.2) is 22.7 Å². The predicted octanol–water partition coefficient (Wildman–Crippen LogP) is 2.96. The van der Waals surface area contributed by atoms with Gasteiger partial charge in [-0.05, 0) is 47.1 Å². The van der Waals surface area contributed by atoms with Crippen LogP contribution in [0.5, 0.6) is 0 Å². The van der Waals surface area contributed by atoms with Crippen molar-refractivity contribution < 1.29 is 17.9 Å². The van der Waals surface area contributed by atoms with Crippen LogP contribution >= 0.6 is 22.6 Å². The topological polar surface area (TPSA) is 70.8 Å². The monoisotopic (exact) mass is 437 g/mol. The second-order valence-electron chi connectivity index (χ2n) is 5.73. The molecule has 1 aromatic carbocycles. The normalized spacial score (nSPS) is 28.8. The molecular formula is C15H20INO4S. The van der Waals surface area contributed by atoms with Gasteiger partial charge in [0.1, 0.15) is 12.2 Å². The number of rotatable bonds is 4. The Hall–Kier alpha value is -0.0600. The molecule has 2 fully saturated rings. The Bertz CT molecular complexity index is 550. The maximum Gasteiger partial charge on any atom is 0.231 e. The molecule has 0 aromatic heterocycles. The van der Waals surface area contributed by atoms with Crippen molar-refractivity contribution in [1.82, 2.24) is 0 Å². The van der Waals surface area contributed by atoms with Crippen molar-refractivity contribution in [2.75, 3.05) is 6.61 Å². The Balaban J connectivity index is 1.83. The molecule has 0 amide bonds. The van der Waals surface area contributed by atoms with Gasteiger partial charge in [-0.2, -0.15) is 0 Å². The summed E-state index contributed by atoms with van der Waals surface area (Å²) in [7, 11) is 0. The summed E-state index contributed by atoms with van der Waals surface area (Å²) in [6, 6.07) is 8.08. The van der Waals surface area contributed by atoms with Gasteiger partial charge in [0.25, 0.3) is 0 Å². The molecule has 7 heteroatoms. The average molecular weight is 437 g/mol. The lowest BCUT2D eigenvalue weighted by Crippen LogP contribution is -2.34. The maximum absolute atomic E-state index is 11.0. The first kappa shape index (κ1) is 16.8. The minimum atomic E-state index is -1.79. The van der Waals surface area contributed by atoms with E-state index in [0.29, 0.717) is 0 Å².